The highest BCUT2D eigenvalue weighted by molar-refractivity contribution is 7.99. The summed E-state index contributed by atoms with van der Waals surface area (Å²) < 4.78 is 0. The lowest BCUT2D eigenvalue weighted by Crippen LogP contribution is -2.31. The second-order valence-electron chi connectivity index (χ2n) is 6.80. The zero-order valence-corrected chi connectivity index (χ0v) is 14.3. The molecule has 0 bridgehead atoms. The van der Waals surface area contributed by atoms with E-state index in [1.807, 2.05) is 0 Å². The molecule has 1 saturated carbocycles. The molecule has 2 nitrogen and oxygen atoms in total. The molecule has 1 aliphatic carbocycles. The molecule has 4 rings (SSSR count). The Morgan fingerprint density at radius 1 is 1.04 bits per heavy atom. The monoisotopic (exact) mass is 333 g/mol. The van der Waals surface area contributed by atoms with E-state index in [1.54, 1.807) is 11.8 Å². The van der Waals surface area contributed by atoms with Gasteiger partial charge in [0.15, 0.2) is 0 Å². The molecule has 1 heterocycles. The molecule has 2 aromatic carbocycles. The summed E-state index contributed by atoms with van der Waals surface area (Å²) in [5, 5.41) is 8.77. The fourth-order valence-electron chi connectivity index (χ4n) is 3.89. The molecule has 0 unspecified atom stereocenters. The van der Waals surface area contributed by atoms with Crippen LogP contribution in [0.2, 0.25) is 0 Å². The molecule has 0 atom stereocenters. The SMILES string of the molecule is N#CCC1CC(C(=O)CC2c3ccccc3Sc3ccccc32)C1. The van der Waals surface area contributed by atoms with Crippen molar-refractivity contribution in [2.75, 3.05) is 0 Å². The lowest BCUT2D eigenvalue weighted by molar-refractivity contribution is -0.127. The van der Waals surface area contributed by atoms with Crippen LogP contribution in [0.4, 0.5) is 0 Å². The van der Waals surface area contributed by atoms with Crippen LogP contribution in [-0.2, 0) is 4.79 Å². The molecule has 24 heavy (non-hydrogen) atoms. The summed E-state index contributed by atoms with van der Waals surface area (Å²) in [6.07, 6.45) is 2.97. The van der Waals surface area contributed by atoms with Gasteiger partial charge in [-0.1, -0.05) is 48.2 Å². The second-order valence-corrected chi connectivity index (χ2v) is 7.88. The first-order valence-corrected chi connectivity index (χ1v) is 9.33. The van der Waals surface area contributed by atoms with Crippen molar-refractivity contribution in [2.45, 2.75) is 41.4 Å². The van der Waals surface area contributed by atoms with Crippen LogP contribution >= 0.6 is 11.8 Å². The van der Waals surface area contributed by atoms with E-state index >= 15 is 0 Å². The van der Waals surface area contributed by atoms with Crippen molar-refractivity contribution in [3.8, 4) is 6.07 Å². The molecule has 2 aliphatic rings. The van der Waals surface area contributed by atoms with Gasteiger partial charge >= 0.3 is 0 Å². The Labute approximate surface area is 146 Å². The molecule has 0 N–H and O–H groups in total. The van der Waals surface area contributed by atoms with E-state index in [0.29, 0.717) is 24.5 Å². The van der Waals surface area contributed by atoms with Gasteiger partial charge in [0.05, 0.1) is 6.07 Å². The van der Waals surface area contributed by atoms with Crippen molar-refractivity contribution < 1.29 is 4.79 Å². The Bertz CT molecular complexity index is 771. The van der Waals surface area contributed by atoms with Crippen LogP contribution in [0.5, 0.6) is 0 Å². The summed E-state index contributed by atoms with van der Waals surface area (Å²) >= 11 is 1.80. The number of rotatable bonds is 4. The number of nitriles is 1. The third-order valence-electron chi connectivity index (χ3n) is 5.29. The number of ketones is 1. The number of Topliss-reactive ketones (excluding diaryl/α,β-unsaturated/α-hetero) is 1. The number of carbonyl (C=O) groups is 1. The summed E-state index contributed by atoms with van der Waals surface area (Å²) in [6, 6.07) is 19.1. The van der Waals surface area contributed by atoms with Crippen molar-refractivity contribution >= 4 is 17.5 Å². The Kier molecular flexibility index (Phi) is 4.16. The molecule has 0 amide bonds. The molecular weight excluding hydrogens is 314 g/mol. The Hall–Kier alpha value is -2.05. The van der Waals surface area contributed by atoms with Crippen LogP contribution in [0, 0.1) is 23.2 Å². The number of hydrogen-bond acceptors (Lipinski definition) is 3. The number of benzene rings is 2. The number of nitrogens with zero attached hydrogens (tertiary/aromatic N) is 1. The van der Waals surface area contributed by atoms with Crippen molar-refractivity contribution in [2.24, 2.45) is 11.8 Å². The first-order valence-electron chi connectivity index (χ1n) is 8.51. The zero-order valence-electron chi connectivity index (χ0n) is 13.4. The van der Waals surface area contributed by atoms with Gasteiger partial charge in [0, 0.05) is 34.5 Å². The van der Waals surface area contributed by atoms with Crippen molar-refractivity contribution in [1.29, 1.82) is 5.26 Å². The summed E-state index contributed by atoms with van der Waals surface area (Å²) in [7, 11) is 0. The van der Waals surface area contributed by atoms with Crippen LogP contribution in [0.1, 0.15) is 42.7 Å². The van der Waals surface area contributed by atoms with Gasteiger partial charge in [0.25, 0.3) is 0 Å². The van der Waals surface area contributed by atoms with Gasteiger partial charge < -0.3 is 0 Å². The van der Waals surface area contributed by atoms with Gasteiger partial charge in [-0.3, -0.25) is 4.79 Å². The van der Waals surface area contributed by atoms with Crippen molar-refractivity contribution in [1.82, 2.24) is 0 Å². The highest BCUT2D eigenvalue weighted by Gasteiger charge is 2.36. The van der Waals surface area contributed by atoms with Crippen LogP contribution < -0.4 is 0 Å². The highest BCUT2D eigenvalue weighted by Crippen LogP contribution is 2.48. The fraction of sp³-hybridized carbons (Fsp3) is 0.333. The standard InChI is InChI=1S/C21H19NOS/c22-10-9-14-11-15(12-14)19(23)13-18-16-5-1-3-7-20(16)24-21-8-4-2-6-17(18)21/h1-8,14-15,18H,9,11-13H2. The predicted octanol–water partition coefficient (Wildman–Crippen LogP) is 5.18. The maximum absolute atomic E-state index is 12.8. The third-order valence-corrected chi connectivity index (χ3v) is 6.47. The number of hydrogen-bond donors (Lipinski definition) is 0. The van der Waals surface area contributed by atoms with Crippen LogP contribution in [0.15, 0.2) is 58.3 Å². The fourth-order valence-corrected chi connectivity index (χ4v) is 5.08. The van der Waals surface area contributed by atoms with Crippen molar-refractivity contribution in [3.63, 3.8) is 0 Å². The molecule has 120 valence electrons. The largest absolute Gasteiger partial charge is 0.299 e. The van der Waals surface area contributed by atoms with Crippen LogP contribution in [-0.4, -0.2) is 5.78 Å². The van der Waals surface area contributed by atoms with Gasteiger partial charge in [-0.25, -0.2) is 0 Å². The van der Waals surface area contributed by atoms with E-state index in [2.05, 4.69) is 54.6 Å². The maximum atomic E-state index is 12.8. The van der Waals surface area contributed by atoms with E-state index in [1.165, 1.54) is 20.9 Å². The third kappa shape index (κ3) is 2.76. The molecule has 0 saturated heterocycles. The predicted molar refractivity (Wildman–Crippen MR) is 94.9 cm³/mol. The molecule has 0 radical (unpaired) electrons. The summed E-state index contributed by atoms with van der Waals surface area (Å²) in [5.74, 6) is 1.13. The first kappa shape index (κ1) is 15.5. The second kappa shape index (κ2) is 6.45. The molecule has 1 fully saturated rings. The van der Waals surface area contributed by atoms with Gasteiger partial charge in [-0.2, -0.15) is 5.26 Å². The minimum absolute atomic E-state index is 0.164. The first-order chi connectivity index (χ1) is 11.8. The maximum Gasteiger partial charge on any atom is 0.136 e. The van der Waals surface area contributed by atoms with Gasteiger partial charge in [0.1, 0.15) is 5.78 Å². The average molecular weight is 333 g/mol. The topological polar surface area (TPSA) is 40.9 Å². The molecule has 3 heteroatoms. The van der Waals surface area contributed by atoms with E-state index in [0.717, 1.165) is 12.8 Å². The lowest BCUT2D eigenvalue weighted by Gasteiger charge is -2.35. The Morgan fingerprint density at radius 3 is 2.21 bits per heavy atom. The molecule has 0 spiro atoms. The molecule has 0 aromatic heterocycles. The smallest absolute Gasteiger partial charge is 0.136 e. The van der Waals surface area contributed by atoms with E-state index < -0.39 is 0 Å². The summed E-state index contributed by atoms with van der Waals surface area (Å²) in [6.45, 7) is 0. The Balaban J connectivity index is 1.57. The van der Waals surface area contributed by atoms with Crippen LogP contribution in [0.25, 0.3) is 0 Å². The summed E-state index contributed by atoms with van der Waals surface area (Å²) in [5.41, 5.74) is 2.56. The average Bonchev–Trinajstić information content (AvgIpc) is 2.57. The number of fused-ring (bicyclic) bond motifs is 2. The van der Waals surface area contributed by atoms with Gasteiger partial charge in [-0.05, 0) is 42.0 Å². The van der Waals surface area contributed by atoms with Gasteiger partial charge in [-0.15, -0.1) is 0 Å². The number of carbonyl (C=O) groups excluding carboxylic acids is 1. The lowest BCUT2D eigenvalue weighted by atomic mass is 9.69. The molecular formula is C21H19NOS. The normalized spacial score (nSPS) is 22.0. The van der Waals surface area contributed by atoms with Gasteiger partial charge in [0.2, 0.25) is 0 Å². The Morgan fingerprint density at radius 2 is 1.62 bits per heavy atom. The zero-order chi connectivity index (χ0) is 16.5. The molecule has 2 aromatic rings. The minimum atomic E-state index is 0.164. The molecule has 1 aliphatic heterocycles. The highest BCUT2D eigenvalue weighted by atomic mass is 32.2. The minimum Gasteiger partial charge on any atom is -0.299 e. The van der Waals surface area contributed by atoms with E-state index in [-0.39, 0.29) is 11.8 Å². The van der Waals surface area contributed by atoms with E-state index in [4.69, 9.17) is 5.26 Å². The van der Waals surface area contributed by atoms with Crippen molar-refractivity contribution in [3.05, 3.63) is 59.7 Å². The quantitative estimate of drug-likeness (QED) is 0.774. The van der Waals surface area contributed by atoms with Crippen LogP contribution in [0.3, 0.4) is 0 Å². The van der Waals surface area contributed by atoms with E-state index in [9.17, 15) is 4.79 Å². The summed E-state index contributed by atoms with van der Waals surface area (Å²) in [4.78, 5) is 15.3.